The van der Waals surface area contributed by atoms with Crippen LogP contribution in [0.1, 0.15) is 37.1 Å². The predicted molar refractivity (Wildman–Crippen MR) is 94.7 cm³/mol. The summed E-state index contributed by atoms with van der Waals surface area (Å²) in [5.74, 6) is 0.964. The normalized spacial score (nSPS) is 16.1. The van der Waals surface area contributed by atoms with Crippen molar-refractivity contribution in [1.29, 1.82) is 5.26 Å². The predicted octanol–water partition coefficient (Wildman–Crippen LogP) is 2.44. The second-order valence-electron chi connectivity index (χ2n) is 6.26. The molecule has 0 aromatic carbocycles. The van der Waals surface area contributed by atoms with E-state index in [0.717, 1.165) is 37.4 Å². The molecule has 1 saturated heterocycles. The van der Waals surface area contributed by atoms with Crippen molar-refractivity contribution in [3.8, 4) is 6.07 Å². The molecule has 1 aliphatic rings. The molecular formula is C19H21N5O. The zero-order chi connectivity index (χ0) is 17.6. The Morgan fingerprint density at radius 2 is 2.08 bits per heavy atom. The fourth-order valence-electron chi connectivity index (χ4n) is 3.05. The third kappa shape index (κ3) is 4.13. The van der Waals surface area contributed by atoms with Gasteiger partial charge in [0, 0.05) is 31.4 Å². The first-order valence-electron chi connectivity index (χ1n) is 8.50. The topological polar surface area (TPSA) is 81.9 Å². The molecule has 0 radical (unpaired) electrons. The monoisotopic (exact) mass is 335 g/mol. The van der Waals surface area contributed by atoms with Gasteiger partial charge in [-0.05, 0) is 44.0 Å². The van der Waals surface area contributed by atoms with E-state index in [9.17, 15) is 4.79 Å². The van der Waals surface area contributed by atoms with Gasteiger partial charge in [0.05, 0.1) is 17.3 Å². The number of carbonyl (C=O) groups is 1. The van der Waals surface area contributed by atoms with Crippen LogP contribution in [-0.2, 0) is 4.79 Å². The van der Waals surface area contributed by atoms with Crippen LogP contribution in [0.25, 0.3) is 0 Å². The smallest absolute Gasteiger partial charge is 0.223 e. The summed E-state index contributed by atoms with van der Waals surface area (Å²) in [6.45, 7) is 3.53. The van der Waals surface area contributed by atoms with Crippen molar-refractivity contribution in [2.45, 2.75) is 25.8 Å². The third-order valence-electron chi connectivity index (χ3n) is 4.56. The number of hydrogen-bond acceptors (Lipinski definition) is 5. The molecule has 6 heteroatoms. The van der Waals surface area contributed by atoms with Crippen molar-refractivity contribution >= 4 is 11.7 Å². The summed E-state index contributed by atoms with van der Waals surface area (Å²) >= 11 is 0. The van der Waals surface area contributed by atoms with Gasteiger partial charge in [-0.15, -0.1) is 0 Å². The fourth-order valence-corrected chi connectivity index (χ4v) is 3.05. The van der Waals surface area contributed by atoms with Gasteiger partial charge in [0.25, 0.3) is 0 Å². The molecule has 3 rings (SSSR count). The Morgan fingerprint density at radius 3 is 2.68 bits per heavy atom. The van der Waals surface area contributed by atoms with E-state index in [-0.39, 0.29) is 17.9 Å². The molecule has 2 aromatic heterocycles. The zero-order valence-corrected chi connectivity index (χ0v) is 14.2. The number of rotatable bonds is 4. The number of anilines is 1. The van der Waals surface area contributed by atoms with Crippen LogP contribution in [-0.4, -0.2) is 29.0 Å². The van der Waals surface area contributed by atoms with E-state index >= 15 is 0 Å². The highest BCUT2D eigenvalue weighted by Crippen LogP contribution is 2.23. The molecule has 0 bridgehead atoms. The highest BCUT2D eigenvalue weighted by atomic mass is 16.1. The molecule has 6 nitrogen and oxygen atoms in total. The van der Waals surface area contributed by atoms with Gasteiger partial charge in [0.15, 0.2) is 0 Å². The molecule has 1 N–H and O–H groups in total. The van der Waals surface area contributed by atoms with Gasteiger partial charge in [0.2, 0.25) is 5.91 Å². The van der Waals surface area contributed by atoms with Crippen molar-refractivity contribution in [3.63, 3.8) is 0 Å². The lowest BCUT2D eigenvalue weighted by Crippen LogP contribution is -2.41. The highest BCUT2D eigenvalue weighted by molar-refractivity contribution is 5.79. The van der Waals surface area contributed by atoms with Gasteiger partial charge >= 0.3 is 0 Å². The molecule has 1 fully saturated rings. The third-order valence-corrected chi connectivity index (χ3v) is 4.56. The summed E-state index contributed by atoms with van der Waals surface area (Å²) in [5.41, 5.74) is 1.43. The van der Waals surface area contributed by atoms with Crippen molar-refractivity contribution in [2.24, 2.45) is 5.92 Å². The molecule has 1 unspecified atom stereocenters. The second-order valence-corrected chi connectivity index (χ2v) is 6.26. The van der Waals surface area contributed by atoms with Crippen LogP contribution in [0.5, 0.6) is 0 Å². The van der Waals surface area contributed by atoms with Crippen LogP contribution < -0.4 is 10.2 Å². The largest absolute Gasteiger partial charge is 0.357 e. The standard InChI is InChI=1S/C19H21N5O/c1-14(17-4-2-3-9-21-17)23-19(25)16-7-10-24(11-8-16)18-6-5-15(12-20)13-22-18/h2-6,9,13-14,16H,7-8,10-11H2,1H3,(H,23,25). The minimum Gasteiger partial charge on any atom is -0.357 e. The Bertz CT molecular complexity index is 746. The van der Waals surface area contributed by atoms with Crippen LogP contribution in [0, 0.1) is 17.2 Å². The Hall–Kier alpha value is -2.94. The van der Waals surface area contributed by atoms with Gasteiger partial charge in [-0.2, -0.15) is 5.26 Å². The van der Waals surface area contributed by atoms with Crippen molar-refractivity contribution < 1.29 is 4.79 Å². The molecule has 0 aliphatic carbocycles. The molecule has 128 valence electrons. The molecule has 3 heterocycles. The van der Waals surface area contributed by atoms with E-state index in [1.165, 1.54) is 0 Å². The Morgan fingerprint density at radius 1 is 1.28 bits per heavy atom. The Kier molecular flexibility index (Phi) is 5.24. The molecule has 0 saturated carbocycles. The van der Waals surface area contributed by atoms with Crippen LogP contribution in [0.15, 0.2) is 42.7 Å². The number of amides is 1. The van der Waals surface area contributed by atoms with Crippen molar-refractivity contribution in [2.75, 3.05) is 18.0 Å². The van der Waals surface area contributed by atoms with Gasteiger partial charge < -0.3 is 10.2 Å². The average Bonchev–Trinajstić information content (AvgIpc) is 2.69. The van der Waals surface area contributed by atoms with E-state index in [1.807, 2.05) is 31.2 Å². The summed E-state index contributed by atoms with van der Waals surface area (Å²) in [4.78, 5) is 23.3. The summed E-state index contributed by atoms with van der Waals surface area (Å²) in [6.07, 6.45) is 4.91. The van der Waals surface area contributed by atoms with Crippen LogP contribution in [0.3, 0.4) is 0 Å². The maximum absolute atomic E-state index is 12.5. The fraction of sp³-hybridized carbons (Fsp3) is 0.368. The molecule has 1 atom stereocenters. The number of aromatic nitrogens is 2. The van der Waals surface area contributed by atoms with Gasteiger partial charge in [-0.3, -0.25) is 9.78 Å². The maximum atomic E-state index is 12.5. The van der Waals surface area contributed by atoms with E-state index in [2.05, 4.69) is 26.3 Å². The summed E-state index contributed by atoms with van der Waals surface area (Å²) < 4.78 is 0. The first-order chi connectivity index (χ1) is 12.2. The number of nitrogens with one attached hydrogen (secondary N) is 1. The lowest BCUT2D eigenvalue weighted by molar-refractivity contribution is -0.126. The van der Waals surface area contributed by atoms with E-state index < -0.39 is 0 Å². The lowest BCUT2D eigenvalue weighted by Gasteiger charge is -2.32. The highest BCUT2D eigenvalue weighted by Gasteiger charge is 2.26. The van der Waals surface area contributed by atoms with E-state index in [1.54, 1.807) is 18.5 Å². The van der Waals surface area contributed by atoms with Crippen molar-refractivity contribution in [3.05, 3.63) is 54.0 Å². The maximum Gasteiger partial charge on any atom is 0.223 e. The van der Waals surface area contributed by atoms with E-state index in [0.29, 0.717) is 5.56 Å². The summed E-state index contributed by atoms with van der Waals surface area (Å²) in [7, 11) is 0. The molecular weight excluding hydrogens is 314 g/mol. The number of piperidine rings is 1. The number of nitriles is 1. The first-order valence-corrected chi connectivity index (χ1v) is 8.50. The SMILES string of the molecule is CC(NC(=O)C1CCN(c2ccc(C#N)cn2)CC1)c1ccccn1. The number of nitrogens with zero attached hydrogens (tertiary/aromatic N) is 4. The minimum atomic E-state index is -0.0908. The summed E-state index contributed by atoms with van der Waals surface area (Å²) in [6, 6.07) is 11.3. The molecule has 1 amide bonds. The molecule has 0 spiro atoms. The number of carbonyl (C=O) groups excluding carboxylic acids is 1. The number of hydrogen-bond donors (Lipinski definition) is 1. The summed E-state index contributed by atoms with van der Waals surface area (Å²) in [5, 5.41) is 11.9. The van der Waals surface area contributed by atoms with Crippen LogP contribution in [0.2, 0.25) is 0 Å². The van der Waals surface area contributed by atoms with Crippen LogP contribution >= 0.6 is 0 Å². The lowest BCUT2D eigenvalue weighted by atomic mass is 9.95. The van der Waals surface area contributed by atoms with Gasteiger partial charge in [-0.1, -0.05) is 6.07 Å². The van der Waals surface area contributed by atoms with Gasteiger partial charge in [0.1, 0.15) is 11.9 Å². The minimum absolute atomic E-state index is 0.0146. The molecule has 1 aliphatic heterocycles. The number of pyridine rings is 2. The van der Waals surface area contributed by atoms with Gasteiger partial charge in [-0.25, -0.2) is 4.98 Å². The Labute approximate surface area is 147 Å². The average molecular weight is 335 g/mol. The quantitative estimate of drug-likeness (QED) is 0.928. The van der Waals surface area contributed by atoms with Crippen molar-refractivity contribution in [1.82, 2.24) is 15.3 Å². The molecule has 25 heavy (non-hydrogen) atoms. The first kappa shape index (κ1) is 16.9. The zero-order valence-electron chi connectivity index (χ0n) is 14.2. The Balaban J connectivity index is 1.53. The second kappa shape index (κ2) is 7.75. The van der Waals surface area contributed by atoms with E-state index in [4.69, 9.17) is 5.26 Å². The van der Waals surface area contributed by atoms with Crippen LogP contribution in [0.4, 0.5) is 5.82 Å². The molecule has 2 aromatic rings.